The van der Waals surface area contributed by atoms with Crippen LogP contribution in [0, 0.1) is 5.82 Å². The van der Waals surface area contributed by atoms with Gasteiger partial charge in [0.25, 0.3) is 0 Å². The van der Waals surface area contributed by atoms with E-state index in [9.17, 15) is 4.39 Å². The molecule has 2 aromatic carbocycles. The van der Waals surface area contributed by atoms with Gasteiger partial charge in [0, 0.05) is 28.9 Å². The second-order valence-electron chi connectivity index (χ2n) is 6.05. The number of benzene rings is 2. The molecule has 28 heavy (non-hydrogen) atoms. The van der Waals surface area contributed by atoms with Gasteiger partial charge in [-0.3, -0.25) is 9.98 Å². The molecule has 4 rings (SSSR count). The van der Waals surface area contributed by atoms with Crippen molar-refractivity contribution in [3.8, 4) is 11.3 Å². The summed E-state index contributed by atoms with van der Waals surface area (Å²) >= 11 is 1.50. The number of hydrogen-bond acceptors (Lipinski definition) is 4. The SMILES string of the molecule is Fc1ccc(-c2csc(=NCc3ccccc3)n2/N=C\c2cccnc2)cc1. The second kappa shape index (κ2) is 8.54. The number of nitrogens with zero attached hydrogens (tertiary/aromatic N) is 4. The molecule has 0 N–H and O–H groups in total. The molecule has 0 amide bonds. The molecule has 0 spiro atoms. The minimum atomic E-state index is -0.265. The number of pyridine rings is 1. The zero-order valence-electron chi connectivity index (χ0n) is 14.9. The van der Waals surface area contributed by atoms with E-state index in [1.807, 2.05) is 47.8 Å². The van der Waals surface area contributed by atoms with Crippen LogP contribution in [0.5, 0.6) is 0 Å². The Morgan fingerprint density at radius 3 is 2.57 bits per heavy atom. The van der Waals surface area contributed by atoms with Crippen molar-refractivity contribution < 1.29 is 4.39 Å². The number of rotatable bonds is 5. The van der Waals surface area contributed by atoms with E-state index < -0.39 is 0 Å². The lowest BCUT2D eigenvalue weighted by Crippen LogP contribution is -2.12. The average molecular weight is 388 g/mol. The van der Waals surface area contributed by atoms with Crippen molar-refractivity contribution in [1.82, 2.24) is 9.66 Å². The normalized spacial score (nSPS) is 12.0. The number of halogens is 1. The summed E-state index contributed by atoms with van der Waals surface area (Å²) < 4.78 is 15.1. The lowest BCUT2D eigenvalue weighted by Gasteiger charge is -2.04. The molecule has 0 aliphatic heterocycles. The molecule has 4 nitrogen and oxygen atoms in total. The molecule has 0 radical (unpaired) electrons. The second-order valence-corrected chi connectivity index (χ2v) is 6.89. The molecule has 138 valence electrons. The largest absolute Gasteiger partial charge is 0.264 e. The third-order valence-corrected chi connectivity index (χ3v) is 4.93. The van der Waals surface area contributed by atoms with Crippen LogP contribution >= 0.6 is 11.3 Å². The molecule has 6 heteroatoms. The molecule has 4 aromatic rings. The number of hydrogen-bond donors (Lipinski definition) is 0. The van der Waals surface area contributed by atoms with E-state index in [-0.39, 0.29) is 5.82 Å². The maximum atomic E-state index is 13.3. The highest BCUT2D eigenvalue weighted by Gasteiger charge is 2.07. The topological polar surface area (TPSA) is 42.5 Å². The predicted molar refractivity (Wildman–Crippen MR) is 111 cm³/mol. The van der Waals surface area contributed by atoms with Gasteiger partial charge >= 0.3 is 0 Å². The van der Waals surface area contributed by atoms with Crippen molar-refractivity contribution in [3.05, 3.63) is 106 Å². The van der Waals surface area contributed by atoms with Crippen molar-refractivity contribution in [2.24, 2.45) is 10.1 Å². The molecule has 2 heterocycles. The van der Waals surface area contributed by atoms with E-state index in [1.165, 1.54) is 23.5 Å². The first-order valence-corrected chi connectivity index (χ1v) is 9.63. The first kappa shape index (κ1) is 18.0. The summed E-state index contributed by atoms with van der Waals surface area (Å²) in [5.41, 5.74) is 3.75. The molecular formula is C22H17FN4S. The average Bonchev–Trinajstić information content (AvgIpc) is 3.15. The highest BCUT2D eigenvalue weighted by Crippen LogP contribution is 2.20. The van der Waals surface area contributed by atoms with Crippen molar-refractivity contribution in [2.45, 2.75) is 6.54 Å². The predicted octanol–water partition coefficient (Wildman–Crippen LogP) is 4.73. The molecular weight excluding hydrogens is 371 g/mol. The minimum Gasteiger partial charge on any atom is -0.264 e. The fourth-order valence-electron chi connectivity index (χ4n) is 2.66. The summed E-state index contributed by atoms with van der Waals surface area (Å²) in [4.78, 5) is 9.61. The van der Waals surface area contributed by atoms with Gasteiger partial charge in [0.2, 0.25) is 4.80 Å². The van der Waals surface area contributed by atoms with Gasteiger partial charge < -0.3 is 0 Å². The molecule has 0 fully saturated rings. The van der Waals surface area contributed by atoms with E-state index in [0.29, 0.717) is 6.54 Å². The minimum absolute atomic E-state index is 0.265. The molecule has 0 aliphatic rings. The zero-order chi connectivity index (χ0) is 19.2. The monoisotopic (exact) mass is 388 g/mol. The molecule has 0 aliphatic carbocycles. The Morgan fingerprint density at radius 1 is 1.00 bits per heavy atom. The van der Waals surface area contributed by atoms with E-state index in [1.54, 1.807) is 35.4 Å². The zero-order valence-corrected chi connectivity index (χ0v) is 15.8. The summed E-state index contributed by atoms with van der Waals surface area (Å²) in [6.45, 7) is 0.562. The number of thiazole rings is 1. The summed E-state index contributed by atoms with van der Waals surface area (Å²) in [6.07, 6.45) is 5.21. The van der Waals surface area contributed by atoms with Crippen LogP contribution in [0.4, 0.5) is 4.39 Å². The first-order valence-electron chi connectivity index (χ1n) is 8.75. The summed E-state index contributed by atoms with van der Waals surface area (Å²) in [7, 11) is 0. The molecule has 0 bridgehead atoms. The Hall–Kier alpha value is -3.38. The summed E-state index contributed by atoms with van der Waals surface area (Å²) in [6, 6.07) is 20.2. The third-order valence-electron chi connectivity index (χ3n) is 4.07. The van der Waals surface area contributed by atoms with Crippen LogP contribution in [0.15, 0.2) is 94.6 Å². The van der Waals surface area contributed by atoms with Gasteiger partial charge in [-0.05, 0) is 35.9 Å². The van der Waals surface area contributed by atoms with Gasteiger partial charge in [-0.2, -0.15) is 5.10 Å². The van der Waals surface area contributed by atoms with E-state index in [2.05, 4.69) is 10.1 Å². The van der Waals surface area contributed by atoms with Gasteiger partial charge in [0.15, 0.2) is 0 Å². The van der Waals surface area contributed by atoms with Crippen LogP contribution in [0.1, 0.15) is 11.1 Å². The van der Waals surface area contributed by atoms with Crippen molar-refractivity contribution in [3.63, 3.8) is 0 Å². The van der Waals surface area contributed by atoms with Crippen LogP contribution in [0.3, 0.4) is 0 Å². The fraction of sp³-hybridized carbons (Fsp3) is 0.0455. The summed E-state index contributed by atoms with van der Waals surface area (Å²) in [5.74, 6) is -0.265. The maximum absolute atomic E-state index is 13.3. The Balaban J connectivity index is 1.75. The van der Waals surface area contributed by atoms with Crippen molar-refractivity contribution >= 4 is 17.6 Å². The van der Waals surface area contributed by atoms with Crippen LogP contribution < -0.4 is 4.80 Å². The van der Waals surface area contributed by atoms with Gasteiger partial charge in [-0.15, -0.1) is 11.3 Å². The summed E-state index contributed by atoms with van der Waals surface area (Å²) in [5, 5.41) is 6.61. The van der Waals surface area contributed by atoms with E-state index >= 15 is 0 Å². The highest BCUT2D eigenvalue weighted by atomic mass is 32.1. The van der Waals surface area contributed by atoms with Crippen LogP contribution in [0.2, 0.25) is 0 Å². The van der Waals surface area contributed by atoms with Crippen molar-refractivity contribution in [1.29, 1.82) is 0 Å². The van der Waals surface area contributed by atoms with E-state index in [0.717, 1.165) is 27.2 Å². The van der Waals surface area contributed by atoms with Crippen LogP contribution in [0.25, 0.3) is 11.3 Å². The Labute approximate surface area is 166 Å². The maximum Gasteiger partial charge on any atom is 0.206 e. The van der Waals surface area contributed by atoms with Crippen LogP contribution in [-0.2, 0) is 6.54 Å². The van der Waals surface area contributed by atoms with Gasteiger partial charge in [-0.25, -0.2) is 9.07 Å². The quantitative estimate of drug-likeness (QED) is 0.456. The molecule has 0 saturated carbocycles. The van der Waals surface area contributed by atoms with Gasteiger partial charge in [-0.1, -0.05) is 36.4 Å². The lowest BCUT2D eigenvalue weighted by atomic mass is 10.2. The smallest absolute Gasteiger partial charge is 0.206 e. The van der Waals surface area contributed by atoms with Gasteiger partial charge in [0.1, 0.15) is 5.82 Å². The molecule has 2 aromatic heterocycles. The van der Waals surface area contributed by atoms with Crippen molar-refractivity contribution in [2.75, 3.05) is 0 Å². The number of aromatic nitrogens is 2. The highest BCUT2D eigenvalue weighted by molar-refractivity contribution is 7.07. The molecule has 0 atom stereocenters. The Morgan fingerprint density at radius 2 is 1.82 bits per heavy atom. The first-order chi connectivity index (χ1) is 13.8. The Kier molecular flexibility index (Phi) is 5.49. The fourth-order valence-corrected chi connectivity index (χ4v) is 3.49. The standard InChI is InChI=1S/C22H17FN4S/c23-20-10-8-19(9-11-20)21-16-28-22(25-14-17-5-2-1-3-6-17)27(21)26-15-18-7-4-12-24-13-18/h1-13,15-16H,14H2/b25-22?,26-15-. The lowest BCUT2D eigenvalue weighted by molar-refractivity contribution is 0.628. The Bertz CT molecular complexity index is 1130. The molecule has 0 saturated heterocycles. The van der Waals surface area contributed by atoms with Gasteiger partial charge in [0.05, 0.1) is 18.5 Å². The van der Waals surface area contributed by atoms with E-state index in [4.69, 9.17) is 4.99 Å². The molecule has 0 unspecified atom stereocenters. The third kappa shape index (κ3) is 4.29. The van der Waals surface area contributed by atoms with Crippen LogP contribution in [-0.4, -0.2) is 15.9 Å².